The first-order chi connectivity index (χ1) is 11.2. The average molecular weight is 313 g/mol. The van der Waals surface area contributed by atoms with Crippen LogP contribution >= 0.6 is 0 Å². The number of ether oxygens (including phenoxy) is 1. The number of nitrogens with zero attached hydrogens (tertiary/aromatic N) is 1. The van der Waals surface area contributed by atoms with Crippen LogP contribution in [0.25, 0.3) is 11.3 Å². The van der Waals surface area contributed by atoms with E-state index in [0.29, 0.717) is 11.3 Å². The lowest BCUT2D eigenvalue weighted by molar-refractivity contribution is 0.0942. The van der Waals surface area contributed by atoms with Gasteiger partial charge in [-0.2, -0.15) is 5.10 Å². The van der Waals surface area contributed by atoms with Gasteiger partial charge >= 0.3 is 0 Å². The fourth-order valence-electron chi connectivity index (χ4n) is 2.70. The van der Waals surface area contributed by atoms with Crippen LogP contribution in [0.1, 0.15) is 16.8 Å². The molecule has 0 saturated carbocycles. The molecule has 0 aliphatic heterocycles. The molecule has 0 bridgehead atoms. The second-order valence-electron chi connectivity index (χ2n) is 5.53. The summed E-state index contributed by atoms with van der Waals surface area (Å²) in [6.45, 7) is 0.103. The van der Waals surface area contributed by atoms with Gasteiger partial charge in [0.1, 0.15) is 5.75 Å². The van der Waals surface area contributed by atoms with Crippen LogP contribution in [0.5, 0.6) is 5.75 Å². The van der Waals surface area contributed by atoms with Gasteiger partial charge in [0.15, 0.2) is 0 Å². The van der Waals surface area contributed by atoms with E-state index in [9.17, 15) is 4.79 Å². The van der Waals surface area contributed by atoms with E-state index in [2.05, 4.69) is 15.5 Å². The molecule has 120 valence electrons. The highest BCUT2D eigenvalue weighted by Crippen LogP contribution is 2.24. The van der Waals surface area contributed by atoms with Crippen LogP contribution in [-0.4, -0.2) is 41.0 Å². The number of hydrogen-bond donors (Lipinski definition) is 3. The van der Waals surface area contributed by atoms with E-state index in [4.69, 9.17) is 9.84 Å². The lowest BCUT2D eigenvalue weighted by Gasteiger charge is -2.13. The minimum absolute atomic E-state index is 0.0572. The number of carbonyl (C=O) groups excluding carboxylic acids is 1. The predicted octanol–water partition coefficient (Wildman–Crippen LogP) is 1.75. The molecule has 6 nitrogen and oxygen atoms in total. The number of nitrogens with one attached hydrogen (secondary N) is 2. The molecule has 0 saturated heterocycles. The summed E-state index contributed by atoms with van der Waals surface area (Å²) in [7, 11) is 1.61. The second kappa shape index (κ2) is 6.66. The van der Waals surface area contributed by atoms with Crippen molar-refractivity contribution in [3.8, 4) is 17.0 Å². The molecule has 0 fully saturated rings. The topological polar surface area (TPSA) is 87.2 Å². The Morgan fingerprint density at radius 3 is 2.83 bits per heavy atom. The van der Waals surface area contributed by atoms with Gasteiger partial charge < -0.3 is 15.2 Å². The molecule has 1 aromatic heterocycles. The molecular formula is C17H19N3O3. The van der Waals surface area contributed by atoms with Crippen molar-refractivity contribution in [2.24, 2.45) is 5.92 Å². The fraction of sp³-hybridized carbons (Fsp3) is 0.294. The maximum absolute atomic E-state index is 12.5. The van der Waals surface area contributed by atoms with Crippen molar-refractivity contribution >= 4 is 5.91 Å². The van der Waals surface area contributed by atoms with Crippen molar-refractivity contribution in [2.75, 3.05) is 13.7 Å². The molecule has 2 aromatic rings. The van der Waals surface area contributed by atoms with E-state index in [-0.39, 0.29) is 24.5 Å². The number of aromatic amines is 1. The molecule has 1 aliphatic rings. The maximum atomic E-state index is 12.5. The third kappa shape index (κ3) is 3.27. The molecule has 0 unspecified atom stereocenters. The number of aliphatic hydroxyl groups excluding tert-OH is 1. The summed E-state index contributed by atoms with van der Waals surface area (Å²) in [6.07, 6.45) is 6.10. The lowest BCUT2D eigenvalue weighted by atomic mass is 10.1. The molecule has 2 atom stereocenters. The van der Waals surface area contributed by atoms with Crippen LogP contribution in [0, 0.1) is 5.92 Å². The SMILES string of the molecule is COc1ccc(-c2[nH]ncc2C(=O)N[C@@H]2C=C[C@H](CO)C2)cc1. The summed E-state index contributed by atoms with van der Waals surface area (Å²) in [4.78, 5) is 12.5. The molecule has 23 heavy (non-hydrogen) atoms. The second-order valence-corrected chi connectivity index (χ2v) is 5.53. The van der Waals surface area contributed by atoms with Gasteiger partial charge in [0.05, 0.1) is 24.6 Å². The molecule has 1 heterocycles. The highest BCUT2D eigenvalue weighted by atomic mass is 16.5. The molecule has 1 aliphatic carbocycles. The Kier molecular flexibility index (Phi) is 4.43. The molecule has 1 aromatic carbocycles. The number of aliphatic hydroxyl groups is 1. The number of hydrogen-bond acceptors (Lipinski definition) is 4. The van der Waals surface area contributed by atoms with Crippen molar-refractivity contribution in [3.05, 3.63) is 48.2 Å². The molecular weight excluding hydrogens is 294 g/mol. The average Bonchev–Trinajstić information content (AvgIpc) is 3.24. The summed E-state index contributed by atoms with van der Waals surface area (Å²) in [5.41, 5.74) is 2.03. The van der Waals surface area contributed by atoms with E-state index in [1.54, 1.807) is 7.11 Å². The Morgan fingerprint density at radius 1 is 1.39 bits per heavy atom. The quantitative estimate of drug-likeness (QED) is 0.734. The van der Waals surface area contributed by atoms with E-state index >= 15 is 0 Å². The van der Waals surface area contributed by atoms with Gasteiger partial charge in [0.2, 0.25) is 0 Å². The summed E-state index contributed by atoms with van der Waals surface area (Å²) < 4.78 is 5.14. The minimum atomic E-state index is -0.183. The standard InChI is InChI=1S/C17H19N3O3/c1-23-14-6-3-12(4-7-14)16-15(9-18-20-16)17(22)19-13-5-2-11(8-13)10-21/h2-7,9,11,13,21H,8,10H2,1H3,(H,18,20)(H,19,22)/t11-,13+/m0/s1. The van der Waals surface area contributed by atoms with Crippen LogP contribution in [-0.2, 0) is 0 Å². The zero-order chi connectivity index (χ0) is 16.2. The summed E-state index contributed by atoms with van der Waals surface area (Å²) >= 11 is 0. The largest absolute Gasteiger partial charge is 0.497 e. The molecule has 0 spiro atoms. The van der Waals surface area contributed by atoms with Gasteiger partial charge in [-0.15, -0.1) is 0 Å². The van der Waals surface area contributed by atoms with Crippen molar-refractivity contribution in [3.63, 3.8) is 0 Å². The van der Waals surface area contributed by atoms with Gasteiger partial charge in [-0.1, -0.05) is 12.2 Å². The zero-order valence-electron chi connectivity index (χ0n) is 12.8. The number of rotatable bonds is 5. The summed E-state index contributed by atoms with van der Waals surface area (Å²) in [5.74, 6) is 0.689. The molecule has 6 heteroatoms. The molecule has 0 radical (unpaired) electrons. The highest BCUT2D eigenvalue weighted by molar-refractivity contribution is 6.00. The van der Waals surface area contributed by atoms with Crippen LogP contribution in [0.15, 0.2) is 42.6 Å². The first kappa shape index (κ1) is 15.3. The fourth-order valence-corrected chi connectivity index (χ4v) is 2.70. The summed E-state index contributed by atoms with van der Waals surface area (Å²) in [5, 5.41) is 19.0. The van der Waals surface area contributed by atoms with Crippen molar-refractivity contribution in [1.29, 1.82) is 0 Å². The van der Waals surface area contributed by atoms with Gasteiger partial charge in [-0.25, -0.2) is 0 Å². The van der Waals surface area contributed by atoms with Crippen molar-refractivity contribution < 1.29 is 14.6 Å². The number of H-pyrrole nitrogens is 1. The number of amides is 1. The Morgan fingerprint density at radius 2 is 2.17 bits per heavy atom. The molecule has 1 amide bonds. The first-order valence-electron chi connectivity index (χ1n) is 7.49. The Labute approximate surface area is 134 Å². The molecule has 3 N–H and O–H groups in total. The van der Waals surface area contributed by atoms with Crippen LogP contribution in [0.4, 0.5) is 0 Å². The maximum Gasteiger partial charge on any atom is 0.255 e. The van der Waals surface area contributed by atoms with Crippen molar-refractivity contribution in [2.45, 2.75) is 12.5 Å². The highest BCUT2D eigenvalue weighted by Gasteiger charge is 2.22. The van der Waals surface area contributed by atoms with Gasteiger partial charge in [-0.3, -0.25) is 9.89 Å². The Bertz CT molecular complexity index is 706. The van der Waals surface area contributed by atoms with Gasteiger partial charge in [0.25, 0.3) is 5.91 Å². The normalized spacial score (nSPS) is 19.7. The van der Waals surface area contributed by atoms with Crippen molar-refractivity contribution in [1.82, 2.24) is 15.5 Å². The van der Waals surface area contributed by atoms with Crippen LogP contribution in [0.2, 0.25) is 0 Å². The smallest absolute Gasteiger partial charge is 0.255 e. The van der Waals surface area contributed by atoms with Crippen LogP contribution in [0.3, 0.4) is 0 Å². The number of carbonyl (C=O) groups is 1. The van der Waals surface area contributed by atoms with Crippen LogP contribution < -0.4 is 10.1 Å². The number of benzene rings is 1. The lowest BCUT2D eigenvalue weighted by Crippen LogP contribution is -2.33. The van der Waals surface area contributed by atoms with E-state index < -0.39 is 0 Å². The van der Waals surface area contributed by atoms with E-state index in [1.165, 1.54) is 6.20 Å². The third-order valence-electron chi connectivity index (χ3n) is 3.99. The zero-order valence-corrected chi connectivity index (χ0v) is 12.8. The third-order valence-corrected chi connectivity index (χ3v) is 3.99. The number of methoxy groups -OCH3 is 1. The van der Waals surface area contributed by atoms with Gasteiger partial charge in [0, 0.05) is 24.1 Å². The Hall–Kier alpha value is -2.60. The predicted molar refractivity (Wildman–Crippen MR) is 86.2 cm³/mol. The Balaban J connectivity index is 1.75. The van der Waals surface area contributed by atoms with E-state index in [1.807, 2.05) is 36.4 Å². The first-order valence-corrected chi connectivity index (χ1v) is 7.49. The monoisotopic (exact) mass is 313 g/mol. The van der Waals surface area contributed by atoms with Gasteiger partial charge in [-0.05, 0) is 30.7 Å². The molecule has 3 rings (SSSR count). The number of aromatic nitrogens is 2. The van der Waals surface area contributed by atoms with E-state index in [0.717, 1.165) is 17.7 Å². The minimum Gasteiger partial charge on any atom is -0.497 e. The summed E-state index contributed by atoms with van der Waals surface area (Å²) in [6, 6.07) is 7.37.